The maximum absolute atomic E-state index is 12.7. The van der Waals surface area contributed by atoms with E-state index in [0.29, 0.717) is 30.3 Å². The highest BCUT2D eigenvalue weighted by Gasteiger charge is 2.30. The lowest BCUT2D eigenvalue weighted by molar-refractivity contribution is 0.154. The normalized spacial score (nSPS) is 16.6. The highest BCUT2D eigenvalue weighted by Crippen LogP contribution is 2.32. The third-order valence-corrected chi connectivity index (χ3v) is 4.82. The van der Waals surface area contributed by atoms with Gasteiger partial charge in [0.25, 0.3) is 5.56 Å². The molecule has 0 amide bonds. The van der Waals surface area contributed by atoms with Crippen molar-refractivity contribution in [3.05, 3.63) is 45.1 Å². The van der Waals surface area contributed by atoms with Gasteiger partial charge in [-0.25, -0.2) is 4.79 Å². The van der Waals surface area contributed by atoms with Crippen molar-refractivity contribution in [2.75, 3.05) is 18.1 Å². The number of β-amino-alcohol motifs (C(OH)–C–C–N with tert-alkyl or cyclic N) is 1. The summed E-state index contributed by atoms with van der Waals surface area (Å²) in [7, 11) is 3.02. The molecule has 0 aliphatic carbocycles. The molecule has 9 nitrogen and oxygen atoms in total. The zero-order valence-electron chi connectivity index (χ0n) is 15.4. The number of rotatable bonds is 3. The van der Waals surface area contributed by atoms with E-state index in [-0.39, 0.29) is 6.54 Å². The van der Waals surface area contributed by atoms with E-state index in [0.717, 1.165) is 16.0 Å². The zero-order valence-corrected chi connectivity index (χ0v) is 15.4. The van der Waals surface area contributed by atoms with E-state index >= 15 is 0 Å². The van der Waals surface area contributed by atoms with Crippen LogP contribution in [-0.2, 0) is 20.6 Å². The van der Waals surface area contributed by atoms with Crippen molar-refractivity contribution in [3.8, 4) is 5.75 Å². The SMILES string of the molecule is CCOc1ccc(N2C[C@H](O)Cn3c2nc2c3c(=O)n(C)c(=O)n2C)cc1. The van der Waals surface area contributed by atoms with Crippen LogP contribution in [0.4, 0.5) is 11.6 Å². The highest BCUT2D eigenvalue weighted by molar-refractivity contribution is 5.77. The second-order valence-corrected chi connectivity index (χ2v) is 6.59. The minimum atomic E-state index is -0.677. The van der Waals surface area contributed by atoms with Crippen molar-refractivity contribution in [2.24, 2.45) is 14.1 Å². The van der Waals surface area contributed by atoms with E-state index < -0.39 is 17.4 Å². The summed E-state index contributed by atoms with van der Waals surface area (Å²) in [5, 5.41) is 10.4. The highest BCUT2D eigenvalue weighted by atomic mass is 16.5. The number of aliphatic hydroxyl groups is 1. The number of aliphatic hydroxyl groups excluding tert-OH is 1. The number of nitrogens with zero attached hydrogens (tertiary/aromatic N) is 5. The van der Waals surface area contributed by atoms with E-state index in [2.05, 4.69) is 4.98 Å². The zero-order chi connectivity index (χ0) is 19.3. The first kappa shape index (κ1) is 17.3. The van der Waals surface area contributed by atoms with Gasteiger partial charge in [0.1, 0.15) is 5.75 Å². The Balaban J connectivity index is 1.92. The van der Waals surface area contributed by atoms with Crippen LogP contribution in [0.25, 0.3) is 11.2 Å². The van der Waals surface area contributed by atoms with Gasteiger partial charge in [-0.1, -0.05) is 0 Å². The Bertz CT molecular complexity index is 1130. The molecule has 0 fully saturated rings. The minimum Gasteiger partial charge on any atom is -0.494 e. The largest absolute Gasteiger partial charge is 0.494 e. The average Bonchev–Trinajstić information content (AvgIpc) is 3.04. The molecule has 2 aromatic heterocycles. The minimum absolute atomic E-state index is 0.243. The van der Waals surface area contributed by atoms with Crippen molar-refractivity contribution in [1.29, 1.82) is 0 Å². The monoisotopic (exact) mass is 371 g/mol. The summed E-state index contributed by atoms with van der Waals surface area (Å²) in [5.74, 6) is 1.28. The topological polar surface area (TPSA) is 94.5 Å². The van der Waals surface area contributed by atoms with Crippen LogP contribution in [0.2, 0.25) is 0 Å². The van der Waals surface area contributed by atoms with Crippen molar-refractivity contribution >= 4 is 22.8 Å². The molecule has 0 saturated heterocycles. The third-order valence-electron chi connectivity index (χ3n) is 4.82. The first-order chi connectivity index (χ1) is 12.9. The van der Waals surface area contributed by atoms with Gasteiger partial charge in [-0.05, 0) is 31.2 Å². The van der Waals surface area contributed by atoms with Crippen LogP contribution in [-0.4, -0.2) is 43.0 Å². The van der Waals surface area contributed by atoms with Crippen molar-refractivity contribution in [2.45, 2.75) is 19.6 Å². The summed E-state index contributed by atoms with van der Waals surface area (Å²) in [6, 6.07) is 7.46. The number of hydrogen-bond acceptors (Lipinski definition) is 6. The third kappa shape index (κ3) is 2.62. The quantitative estimate of drug-likeness (QED) is 0.714. The van der Waals surface area contributed by atoms with E-state index in [1.807, 2.05) is 36.1 Å². The Morgan fingerprint density at radius 3 is 2.52 bits per heavy atom. The van der Waals surface area contributed by atoms with E-state index in [4.69, 9.17) is 4.74 Å². The second-order valence-electron chi connectivity index (χ2n) is 6.59. The molecule has 3 aromatic rings. The molecule has 1 aliphatic rings. The van der Waals surface area contributed by atoms with Crippen LogP contribution >= 0.6 is 0 Å². The molecular weight excluding hydrogens is 350 g/mol. The van der Waals surface area contributed by atoms with Gasteiger partial charge < -0.3 is 19.3 Å². The summed E-state index contributed by atoms with van der Waals surface area (Å²) in [4.78, 5) is 31.3. The number of fused-ring (bicyclic) bond motifs is 3. The van der Waals surface area contributed by atoms with Crippen LogP contribution in [0.1, 0.15) is 6.92 Å². The fourth-order valence-corrected chi connectivity index (χ4v) is 3.48. The number of imidazole rings is 1. The maximum atomic E-state index is 12.7. The van der Waals surface area contributed by atoms with Gasteiger partial charge in [-0.3, -0.25) is 13.9 Å². The van der Waals surface area contributed by atoms with Gasteiger partial charge in [0, 0.05) is 19.8 Å². The number of anilines is 2. The molecule has 0 spiro atoms. The smallest absolute Gasteiger partial charge is 0.332 e. The molecule has 27 heavy (non-hydrogen) atoms. The lowest BCUT2D eigenvalue weighted by atomic mass is 10.2. The van der Waals surface area contributed by atoms with Gasteiger partial charge in [0.2, 0.25) is 5.95 Å². The molecule has 9 heteroatoms. The molecule has 0 unspecified atom stereocenters. The Morgan fingerprint density at radius 2 is 1.85 bits per heavy atom. The molecule has 1 aliphatic heterocycles. The molecule has 3 heterocycles. The lowest BCUT2D eigenvalue weighted by Crippen LogP contribution is -2.40. The standard InChI is InChI=1S/C18H21N5O4/c1-4-27-13-7-5-11(6-8-13)22-9-12(24)10-23-14-15(19-17(22)23)20(2)18(26)21(3)16(14)25/h5-8,12,24H,4,9-10H2,1-3H3/t12-/m0/s1. The Labute approximate surface area is 154 Å². The summed E-state index contributed by atoms with van der Waals surface area (Å²) < 4.78 is 9.56. The van der Waals surface area contributed by atoms with Gasteiger partial charge in [-0.2, -0.15) is 4.98 Å². The molecule has 1 aromatic carbocycles. The molecule has 1 atom stereocenters. The summed E-state index contributed by atoms with van der Waals surface area (Å²) in [5.41, 5.74) is 0.576. The molecule has 142 valence electrons. The molecule has 0 bridgehead atoms. The Morgan fingerprint density at radius 1 is 1.15 bits per heavy atom. The summed E-state index contributed by atoms with van der Waals surface area (Å²) in [6.07, 6.45) is -0.677. The first-order valence-corrected chi connectivity index (χ1v) is 8.77. The average molecular weight is 371 g/mol. The van der Waals surface area contributed by atoms with Gasteiger partial charge in [0.15, 0.2) is 11.2 Å². The Hall–Kier alpha value is -3.07. The maximum Gasteiger partial charge on any atom is 0.332 e. The number of aromatic nitrogens is 4. The second kappa shape index (κ2) is 6.27. The molecule has 4 rings (SSSR count). The molecule has 1 N–H and O–H groups in total. The number of ether oxygens (including phenoxy) is 1. The number of benzene rings is 1. The summed E-state index contributed by atoms with van der Waals surface area (Å²) in [6.45, 7) is 3.08. The summed E-state index contributed by atoms with van der Waals surface area (Å²) >= 11 is 0. The molecular formula is C18H21N5O4. The predicted molar refractivity (Wildman–Crippen MR) is 101 cm³/mol. The van der Waals surface area contributed by atoms with Crippen LogP contribution < -0.4 is 20.9 Å². The number of aryl methyl sites for hydroxylation is 1. The molecule has 0 saturated carbocycles. The van der Waals surface area contributed by atoms with Gasteiger partial charge in [0.05, 0.1) is 25.8 Å². The van der Waals surface area contributed by atoms with E-state index in [1.54, 1.807) is 11.6 Å². The number of hydrogen-bond donors (Lipinski definition) is 1. The molecule has 0 radical (unpaired) electrons. The van der Waals surface area contributed by atoms with Crippen molar-refractivity contribution in [1.82, 2.24) is 18.7 Å². The van der Waals surface area contributed by atoms with Crippen LogP contribution in [0.15, 0.2) is 33.9 Å². The van der Waals surface area contributed by atoms with Crippen molar-refractivity contribution in [3.63, 3.8) is 0 Å². The van der Waals surface area contributed by atoms with E-state index in [1.165, 1.54) is 11.6 Å². The van der Waals surface area contributed by atoms with Crippen LogP contribution in [0.5, 0.6) is 5.75 Å². The first-order valence-electron chi connectivity index (χ1n) is 8.77. The predicted octanol–water partition coefficient (Wildman–Crippen LogP) is 0.345. The van der Waals surface area contributed by atoms with Crippen LogP contribution in [0.3, 0.4) is 0 Å². The van der Waals surface area contributed by atoms with Crippen molar-refractivity contribution < 1.29 is 9.84 Å². The van der Waals surface area contributed by atoms with Gasteiger partial charge in [-0.15, -0.1) is 0 Å². The lowest BCUT2D eigenvalue weighted by Gasteiger charge is -2.32. The van der Waals surface area contributed by atoms with Crippen LogP contribution in [0, 0.1) is 0 Å². The Kier molecular flexibility index (Phi) is 4.03. The fraction of sp³-hybridized carbons (Fsp3) is 0.389. The fourth-order valence-electron chi connectivity index (χ4n) is 3.48. The van der Waals surface area contributed by atoms with E-state index in [9.17, 15) is 14.7 Å². The van der Waals surface area contributed by atoms with Gasteiger partial charge >= 0.3 is 5.69 Å².